The first-order valence-corrected chi connectivity index (χ1v) is 7.67. The molecule has 0 saturated carbocycles. The third kappa shape index (κ3) is 4.63. The van der Waals surface area contributed by atoms with Crippen LogP contribution in [0.4, 0.5) is 0 Å². The minimum absolute atomic E-state index is 0.253. The first-order valence-electron chi connectivity index (χ1n) is 6.79. The number of aliphatic hydroxyl groups excluding tert-OH is 1. The van der Waals surface area contributed by atoms with E-state index in [0.29, 0.717) is 13.2 Å². The zero-order chi connectivity index (χ0) is 14.4. The smallest absolute Gasteiger partial charge is 0.119 e. The normalized spacial score (nSPS) is 13.9. The van der Waals surface area contributed by atoms with Crippen LogP contribution in [0.15, 0.2) is 41.8 Å². The first-order chi connectivity index (χ1) is 9.65. The molecule has 0 aliphatic carbocycles. The van der Waals surface area contributed by atoms with Gasteiger partial charge in [0.25, 0.3) is 0 Å². The van der Waals surface area contributed by atoms with Crippen molar-refractivity contribution in [3.63, 3.8) is 0 Å². The summed E-state index contributed by atoms with van der Waals surface area (Å²) in [6, 6.07) is 12.2. The molecule has 0 fully saturated rings. The molecule has 2 rings (SSSR count). The van der Waals surface area contributed by atoms with Gasteiger partial charge in [0.1, 0.15) is 18.5 Å². The molecule has 2 aromatic rings. The Bertz CT molecular complexity index is 513. The van der Waals surface area contributed by atoms with Crippen molar-refractivity contribution in [3.8, 4) is 5.75 Å². The number of hydrogen-bond acceptors (Lipinski definition) is 4. The molecule has 0 spiro atoms. The Balaban J connectivity index is 1.71. The van der Waals surface area contributed by atoms with Gasteiger partial charge in [-0.25, -0.2) is 0 Å². The van der Waals surface area contributed by atoms with Crippen LogP contribution in [0, 0.1) is 6.92 Å². The van der Waals surface area contributed by atoms with Gasteiger partial charge in [-0.2, -0.15) is 0 Å². The Morgan fingerprint density at radius 1 is 1.30 bits per heavy atom. The average Bonchev–Trinajstić information content (AvgIpc) is 2.97. The fourth-order valence-corrected chi connectivity index (χ4v) is 2.67. The van der Waals surface area contributed by atoms with Gasteiger partial charge in [-0.3, -0.25) is 0 Å². The Morgan fingerprint density at radius 2 is 2.15 bits per heavy atom. The fraction of sp³-hybridized carbons (Fsp3) is 0.375. The van der Waals surface area contributed by atoms with Gasteiger partial charge in [0.2, 0.25) is 0 Å². The number of aryl methyl sites for hydroxylation is 1. The maximum absolute atomic E-state index is 9.94. The predicted octanol–water partition coefficient (Wildman–Crippen LogP) is 3.15. The molecular weight excluding hydrogens is 270 g/mol. The van der Waals surface area contributed by atoms with Crippen molar-refractivity contribution < 1.29 is 9.84 Å². The van der Waals surface area contributed by atoms with E-state index in [9.17, 15) is 5.11 Å². The van der Waals surface area contributed by atoms with E-state index >= 15 is 0 Å². The lowest BCUT2D eigenvalue weighted by Gasteiger charge is -2.17. The second-order valence-electron chi connectivity index (χ2n) is 4.93. The van der Waals surface area contributed by atoms with Gasteiger partial charge >= 0.3 is 0 Å². The molecule has 0 aliphatic rings. The van der Waals surface area contributed by atoms with Crippen LogP contribution >= 0.6 is 11.3 Å². The molecular formula is C16H21NO2S. The van der Waals surface area contributed by atoms with E-state index in [-0.39, 0.29) is 6.04 Å². The molecule has 0 saturated heterocycles. The van der Waals surface area contributed by atoms with Gasteiger partial charge in [0, 0.05) is 17.5 Å². The highest BCUT2D eigenvalue weighted by Gasteiger charge is 2.10. The number of aliphatic hydroxyl groups is 1. The van der Waals surface area contributed by atoms with E-state index < -0.39 is 6.10 Å². The number of benzene rings is 1. The number of ether oxygens (including phenoxy) is 1. The van der Waals surface area contributed by atoms with Crippen LogP contribution in [0.1, 0.15) is 23.4 Å². The second-order valence-corrected chi connectivity index (χ2v) is 5.91. The minimum Gasteiger partial charge on any atom is -0.491 e. The van der Waals surface area contributed by atoms with Crippen LogP contribution in [-0.4, -0.2) is 24.4 Å². The van der Waals surface area contributed by atoms with E-state index in [2.05, 4.69) is 23.7 Å². The topological polar surface area (TPSA) is 41.5 Å². The van der Waals surface area contributed by atoms with Gasteiger partial charge in [-0.05, 0) is 43.0 Å². The van der Waals surface area contributed by atoms with Crippen molar-refractivity contribution in [2.45, 2.75) is 26.0 Å². The lowest BCUT2D eigenvalue weighted by atomic mass is 10.2. The molecule has 1 aromatic carbocycles. The summed E-state index contributed by atoms with van der Waals surface area (Å²) in [6.07, 6.45) is -0.516. The summed E-state index contributed by atoms with van der Waals surface area (Å²) >= 11 is 1.72. The summed E-state index contributed by atoms with van der Waals surface area (Å²) in [5.74, 6) is 0.801. The fourth-order valence-electron chi connectivity index (χ4n) is 1.91. The van der Waals surface area contributed by atoms with Crippen molar-refractivity contribution in [2.24, 2.45) is 0 Å². The van der Waals surface area contributed by atoms with E-state index in [0.717, 1.165) is 11.3 Å². The molecule has 1 aromatic heterocycles. The zero-order valence-corrected chi connectivity index (χ0v) is 12.7. The van der Waals surface area contributed by atoms with Crippen molar-refractivity contribution in [3.05, 3.63) is 52.2 Å². The predicted molar refractivity (Wildman–Crippen MR) is 83.4 cm³/mol. The minimum atomic E-state index is -0.516. The lowest BCUT2D eigenvalue weighted by molar-refractivity contribution is 0.104. The summed E-state index contributed by atoms with van der Waals surface area (Å²) in [6.45, 7) is 4.94. The molecule has 1 heterocycles. The monoisotopic (exact) mass is 291 g/mol. The number of hydrogen-bond donors (Lipinski definition) is 2. The largest absolute Gasteiger partial charge is 0.491 e. The van der Waals surface area contributed by atoms with Crippen LogP contribution in [-0.2, 0) is 0 Å². The maximum Gasteiger partial charge on any atom is 0.119 e. The zero-order valence-electron chi connectivity index (χ0n) is 11.9. The Morgan fingerprint density at radius 3 is 2.85 bits per heavy atom. The quantitative estimate of drug-likeness (QED) is 0.823. The summed E-state index contributed by atoms with van der Waals surface area (Å²) in [5, 5.41) is 15.3. The molecule has 0 amide bonds. The average molecular weight is 291 g/mol. The van der Waals surface area contributed by atoms with E-state index in [1.54, 1.807) is 11.3 Å². The van der Waals surface area contributed by atoms with Gasteiger partial charge in [-0.1, -0.05) is 18.2 Å². The molecule has 2 atom stereocenters. The van der Waals surface area contributed by atoms with Crippen LogP contribution in [0.5, 0.6) is 5.75 Å². The van der Waals surface area contributed by atoms with Gasteiger partial charge in [0.05, 0.1) is 0 Å². The molecule has 2 N–H and O–H groups in total. The Hall–Kier alpha value is -1.36. The molecule has 2 unspecified atom stereocenters. The Kier molecular flexibility index (Phi) is 5.59. The van der Waals surface area contributed by atoms with Gasteiger partial charge in [0.15, 0.2) is 0 Å². The van der Waals surface area contributed by atoms with E-state index in [1.807, 2.05) is 37.3 Å². The molecule has 4 heteroatoms. The highest BCUT2D eigenvalue weighted by atomic mass is 32.1. The van der Waals surface area contributed by atoms with Gasteiger partial charge in [-0.15, -0.1) is 11.3 Å². The standard InChI is InChI=1S/C16H21NO2S/c1-12-5-3-6-15(9-12)19-11-14(18)10-17-13(2)16-7-4-8-20-16/h3-9,13-14,17-18H,10-11H2,1-2H3. The van der Waals surface area contributed by atoms with Crippen LogP contribution in [0.3, 0.4) is 0 Å². The van der Waals surface area contributed by atoms with Gasteiger partial charge < -0.3 is 15.2 Å². The third-order valence-electron chi connectivity index (χ3n) is 3.06. The van der Waals surface area contributed by atoms with Crippen LogP contribution in [0.2, 0.25) is 0 Å². The maximum atomic E-state index is 9.94. The van der Waals surface area contributed by atoms with E-state index in [1.165, 1.54) is 4.88 Å². The van der Waals surface area contributed by atoms with Crippen LogP contribution in [0.25, 0.3) is 0 Å². The summed E-state index contributed by atoms with van der Waals surface area (Å²) in [5.41, 5.74) is 1.15. The van der Waals surface area contributed by atoms with Crippen molar-refractivity contribution in [1.82, 2.24) is 5.32 Å². The highest BCUT2D eigenvalue weighted by molar-refractivity contribution is 7.10. The summed E-state index contributed by atoms with van der Waals surface area (Å²) in [4.78, 5) is 1.27. The highest BCUT2D eigenvalue weighted by Crippen LogP contribution is 2.18. The second kappa shape index (κ2) is 7.43. The molecule has 20 heavy (non-hydrogen) atoms. The molecule has 3 nitrogen and oxygen atoms in total. The first kappa shape index (κ1) is 15.0. The van der Waals surface area contributed by atoms with Crippen molar-refractivity contribution >= 4 is 11.3 Å². The molecule has 0 aliphatic heterocycles. The Labute approximate surface area is 124 Å². The van der Waals surface area contributed by atoms with E-state index in [4.69, 9.17) is 4.74 Å². The number of nitrogens with one attached hydrogen (secondary N) is 1. The van der Waals surface area contributed by atoms with Crippen LogP contribution < -0.4 is 10.1 Å². The summed E-state index contributed by atoms with van der Waals surface area (Å²) in [7, 11) is 0. The number of thiophene rings is 1. The summed E-state index contributed by atoms with van der Waals surface area (Å²) < 4.78 is 5.58. The lowest BCUT2D eigenvalue weighted by Crippen LogP contribution is -2.32. The molecule has 0 radical (unpaired) electrons. The SMILES string of the molecule is Cc1cccc(OCC(O)CNC(C)c2cccs2)c1. The van der Waals surface area contributed by atoms with Crippen molar-refractivity contribution in [2.75, 3.05) is 13.2 Å². The third-order valence-corrected chi connectivity index (χ3v) is 4.12. The molecule has 108 valence electrons. The van der Waals surface area contributed by atoms with Crippen molar-refractivity contribution in [1.29, 1.82) is 0 Å². The molecule has 0 bridgehead atoms. The number of rotatable bonds is 7.